The van der Waals surface area contributed by atoms with Crippen LogP contribution in [0.2, 0.25) is 0 Å². The summed E-state index contributed by atoms with van der Waals surface area (Å²) in [5.41, 5.74) is 0. The van der Waals surface area contributed by atoms with E-state index in [9.17, 15) is 4.79 Å². The van der Waals surface area contributed by atoms with Crippen LogP contribution in [0.1, 0.15) is 30.7 Å². The third-order valence-corrected chi connectivity index (χ3v) is 4.13. The molecule has 1 N–H and O–H groups in total. The third kappa shape index (κ3) is 3.06. The minimum atomic E-state index is -0.302. The first-order valence-electron chi connectivity index (χ1n) is 5.37. The largest absolute Gasteiger partial charge is 0.465 e. The Morgan fingerprint density at radius 2 is 2.50 bits per heavy atom. The van der Waals surface area contributed by atoms with Gasteiger partial charge in [0.15, 0.2) is 0 Å². The van der Waals surface area contributed by atoms with Crippen LogP contribution in [0.15, 0.2) is 15.9 Å². The third-order valence-electron chi connectivity index (χ3n) is 2.37. The lowest BCUT2D eigenvalue weighted by Crippen LogP contribution is -2.31. The van der Waals surface area contributed by atoms with Gasteiger partial charge in [0.1, 0.15) is 6.04 Å². The molecule has 1 aromatic heterocycles. The summed E-state index contributed by atoms with van der Waals surface area (Å²) >= 11 is 4.97. The summed E-state index contributed by atoms with van der Waals surface area (Å²) in [5.74, 6) is -0.177. The van der Waals surface area contributed by atoms with Gasteiger partial charge in [-0.2, -0.15) is 0 Å². The minimum absolute atomic E-state index is 0.177. The van der Waals surface area contributed by atoms with Gasteiger partial charge in [0.05, 0.1) is 6.61 Å². The highest BCUT2D eigenvalue weighted by Crippen LogP contribution is 2.30. The summed E-state index contributed by atoms with van der Waals surface area (Å²) in [6, 6.07) is 2.15. The minimum Gasteiger partial charge on any atom is -0.465 e. The Bertz CT molecular complexity index is 376. The topological polar surface area (TPSA) is 38.3 Å². The predicted octanol–water partition coefficient (Wildman–Crippen LogP) is 2.87. The molecule has 1 aliphatic carbocycles. The summed E-state index contributed by atoms with van der Waals surface area (Å²) in [5, 5.41) is 5.30. The average Bonchev–Trinajstić information content (AvgIpc) is 2.97. The van der Waals surface area contributed by atoms with Crippen LogP contribution in [0.5, 0.6) is 0 Å². The monoisotopic (exact) mass is 303 g/mol. The molecule has 1 aliphatic rings. The number of ether oxygens (including phenoxy) is 1. The van der Waals surface area contributed by atoms with Crippen molar-refractivity contribution in [1.29, 1.82) is 0 Å². The van der Waals surface area contributed by atoms with Crippen molar-refractivity contribution < 1.29 is 9.53 Å². The van der Waals surface area contributed by atoms with Crippen molar-refractivity contribution in [2.45, 2.75) is 31.8 Å². The fourth-order valence-corrected chi connectivity index (χ4v) is 2.95. The predicted molar refractivity (Wildman–Crippen MR) is 67.6 cm³/mol. The Balaban J connectivity index is 2.09. The van der Waals surface area contributed by atoms with E-state index in [0.29, 0.717) is 12.6 Å². The van der Waals surface area contributed by atoms with Gasteiger partial charge in [0.2, 0.25) is 0 Å². The van der Waals surface area contributed by atoms with Crippen molar-refractivity contribution >= 4 is 33.2 Å². The normalized spacial score (nSPS) is 17.1. The van der Waals surface area contributed by atoms with E-state index >= 15 is 0 Å². The Kier molecular flexibility index (Phi) is 4.00. The van der Waals surface area contributed by atoms with Gasteiger partial charge in [-0.15, -0.1) is 11.3 Å². The van der Waals surface area contributed by atoms with Crippen LogP contribution in [0.4, 0.5) is 0 Å². The van der Waals surface area contributed by atoms with E-state index in [1.807, 2.05) is 18.4 Å². The molecule has 0 saturated heterocycles. The van der Waals surface area contributed by atoms with E-state index in [1.54, 1.807) is 11.3 Å². The molecule has 1 saturated carbocycles. The van der Waals surface area contributed by atoms with Crippen LogP contribution in [0, 0.1) is 0 Å². The van der Waals surface area contributed by atoms with E-state index < -0.39 is 0 Å². The van der Waals surface area contributed by atoms with Crippen molar-refractivity contribution in [2.24, 2.45) is 0 Å². The van der Waals surface area contributed by atoms with Crippen molar-refractivity contribution in [3.63, 3.8) is 0 Å². The van der Waals surface area contributed by atoms with Crippen molar-refractivity contribution in [3.8, 4) is 0 Å². The smallest absolute Gasteiger partial charge is 0.328 e. The first-order valence-corrected chi connectivity index (χ1v) is 7.04. The average molecular weight is 304 g/mol. The molecular formula is C11H14BrNO2S. The molecule has 0 radical (unpaired) electrons. The molecule has 1 fully saturated rings. The van der Waals surface area contributed by atoms with Gasteiger partial charge in [-0.3, -0.25) is 5.32 Å². The molecule has 16 heavy (non-hydrogen) atoms. The molecule has 88 valence electrons. The Hall–Kier alpha value is -0.390. The van der Waals surface area contributed by atoms with E-state index in [2.05, 4.69) is 21.2 Å². The zero-order valence-electron chi connectivity index (χ0n) is 9.03. The number of hydrogen-bond donors (Lipinski definition) is 1. The van der Waals surface area contributed by atoms with E-state index in [4.69, 9.17) is 4.74 Å². The number of rotatable bonds is 5. The first-order chi connectivity index (χ1) is 7.70. The molecule has 1 atom stereocenters. The standard InChI is InChI=1S/C11H14BrNO2S/c1-2-15-11(14)10(13-8-3-4-8)9-5-7(12)6-16-9/h5-6,8,10,13H,2-4H2,1H3. The Morgan fingerprint density at radius 1 is 1.75 bits per heavy atom. The number of hydrogen-bond acceptors (Lipinski definition) is 4. The highest BCUT2D eigenvalue weighted by molar-refractivity contribution is 9.10. The number of nitrogens with one attached hydrogen (secondary N) is 1. The number of thiophene rings is 1. The van der Waals surface area contributed by atoms with E-state index in [0.717, 1.165) is 22.2 Å². The number of esters is 1. The first kappa shape index (κ1) is 12.1. The number of carbonyl (C=O) groups is 1. The van der Waals surface area contributed by atoms with E-state index in [1.165, 1.54) is 0 Å². The fourth-order valence-electron chi connectivity index (χ4n) is 1.46. The molecule has 1 heterocycles. The van der Waals surface area contributed by atoms with Gasteiger partial charge >= 0.3 is 5.97 Å². The van der Waals surface area contributed by atoms with Gasteiger partial charge in [0.25, 0.3) is 0 Å². The summed E-state index contributed by atoms with van der Waals surface area (Å²) in [7, 11) is 0. The zero-order valence-corrected chi connectivity index (χ0v) is 11.4. The van der Waals surface area contributed by atoms with Crippen LogP contribution in [0.3, 0.4) is 0 Å². The maximum absolute atomic E-state index is 11.8. The molecule has 1 unspecified atom stereocenters. The molecule has 0 amide bonds. The Labute approximate surface area is 107 Å². The second-order valence-electron chi connectivity index (χ2n) is 3.79. The van der Waals surface area contributed by atoms with Crippen molar-refractivity contribution in [3.05, 3.63) is 20.8 Å². The molecule has 0 aliphatic heterocycles. The van der Waals surface area contributed by atoms with Crippen molar-refractivity contribution in [1.82, 2.24) is 5.32 Å². The lowest BCUT2D eigenvalue weighted by Gasteiger charge is -2.15. The molecule has 2 rings (SSSR count). The second kappa shape index (κ2) is 5.29. The summed E-state index contributed by atoms with van der Waals surface area (Å²) in [6.07, 6.45) is 2.31. The fraction of sp³-hybridized carbons (Fsp3) is 0.545. The van der Waals surface area contributed by atoms with Gasteiger partial charge in [-0.05, 0) is 41.8 Å². The maximum atomic E-state index is 11.8. The molecule has 0 spiro atoms. The molecule has 0 aromatic carbocycles. The van der Waals surface area contributed by atoms with Gasteiger partial charge in [-0.1, -0.05) is 0 Å². The summed E-state index contributed by atoms with van der Waals surface area (Å²) in [4.78, 5) is 12.8. The highest BCUT2D eigenvalue weighted by atomic mass is 79.9. The molecule has 1 aromatic rings. The lowest BCUT2D eigenvalue weighted by molar-refractivity contribution is -0.145. The van der Waals surface area contributed by atoms with Crippen LogP contribution in [0.25, 0.3) is 0 Å². The quantitative estimate of drug-likeness (QED) is 0.850. The summed E-state index contributed by atoms with van der Waals surface area (Å²) in [6.45, 7) is 2.25. The van der Waals surface area contributed by atoms with Gasteiger partial charge in [0, 0.05) is 20.8 Å². The molecule has 3 nitrogen and oxygen atoms in total. The van der Waals surface area contributed by atoms with Crippen LogP contribution in [-0.2, 0) is 9.53 Å². The Morgan fingerprint density at radius 3 is 3.00 bits per heavy atom. The maximum Gasteiger partial charge on any atom is 0.328 e. The molecule has 5 heteroatoms. The van der Waals surface area contributed by atoms with Crippen LogP contribution < -0.4 is 5.32 Å². The van der Waals surface area contributed by atoms with Gasteiger partial charge < -0.3 is 4.74 Å². The van der Waals surface area contributed by atoms with Crippen LogP contribution >= 0.6 is 27.3 Å². The van der Waals surface area contributed by atoms with Crippen molar-refractivity contribution in [2.75, 3.05) is 6.61 Å². The SMILES string of the molecule is CCOC(=O)C(NC1CC1)c1cc(Br)cs1. The van der Waals surface area contributed by atoms with E-state index in [-0.39, 0.29) is 12.0 Å². The summed E-state index contributed by atoms with van der Waals surface area (Å²) < 4.78 is 6.10. The molecule has 0 bridgehead atoms. The number of halogens is 1. The molecular weight excluding hydrogens is 290 g/mol. The highest BCUT2D eigenvalue weighted by Gasteiger charge is 2.31. The zero-order chi connectivity index (χ0) is 11.5. The van der Waals surface area contributed by atoms with Crippen LogP contribution in [-0.4, -0.2) is 18.6 Å². The second-order valence-corrected chi connectivity index (χ2v) is 5.65. The van der Waals surface area contributed by atoms with Gasteiger partial charge in [-0.25, -0.2) is 4.79 Å². The lowest BCUT2D eigenvalue weighted by atomic mass is 10.2. The number of carbonyl (C=O) groups excluding carboxylic acids is 1.